The van der Waals surface area contributed by atoms with Gasteiger partial charge >= 0.3 is 0 Å². The maximum Gasteiger partial charge on any atom is 0.0817 e. The molecule has 0 aromatic carbocycles. The number of nitrogens with one attached hydrogen (secondary N) is 1. The van der Waals surface area contributed by atoms with Crippen molar-refractivity contribution in [1.29, 1.82) is 0 Å². The van der Waals surface area contributed by atoms with Gasteiger partial charge in [0.2, 0.25) is 0 Å². The Labute approximate surface area is 118 Å². The van der Waals surface area contributed by atoms with Crippen LogP contribution in [0.4, 0.5) is 0 Å². The third-order valence-electron chi connectivity index (χ3n) is 3.72. The molecule has 0 spiro atoms. The van der Waals surface area contributed by atoms with Gasteiger partial charge in [0.15, 0.2) is 0 Å². The Morgan fingerprint density at radius 2 is 1.95 bits per heavy atom. The van der Waals surface area contributed by atoms with Crippen LogP contribution in [0.5, 0.6) is 0 Å². The molecule has 0 aliphatic carbocycles. The van der Waals surface area contributed by atoms with E-state index in [9.17, 15) is 5.11 Å². The minimum absolute atomic E-state index is 0.228. The van der Waals surface area contributed by atoms with Crippen molar-refractivity contribution in [3.05, 3.63) is 0 Å². The molecule has 0 saturated carbocycles. The normalized spacial score (nSPS) is 19.9. The second-order valence-electron chi connectivity index (χ2n) is 6.85. The molecule has 114 valence electrons. The van der Waals surface area contributed by atoms with Crippen molar-refractivity contribution >= 4 is 0 Å². The predicted octanol–water partition coefficient (Wildman–Crippen LogP) is 1.49. The first-order valence-corrected chi connectivity index (χ1v) is 7.56. The van der Waals surface area contributed by atoms with Crippen LogP contribution < -0.4 is 5.32 Å². The molecular weight excluding hydrogens is 240 g/mol. The lowest BCUT2D eigenvalue weighted by atomic mass is 9.90. The van der Waals surface area contributed by atoms with Crippen LogP contribution in [0.15, 0.2) is 0 Å². The smallest absolute Gasteiger partial charge is 0.0817 e. The molecule has 1 fully saturated rings. The molecular formula is C15H32N2O2. The summed E-state index contributed by atoms with van der Waals surface area (Å²) in [6.45, 7) is 12.0. The molecule has 1 aliphatic rings. The first-order valence-electron chi connectivity index (χ1n) is 7.56. The van der Waals surface area contributed by atoms with Crippen LogP contribution >= 0.6 is 0 Å². The van der Waals surface area contributed by atoms with E-state index in [1.54, 1.807) is 0 Å². The molecule has 1 saturated heterocycles. The maximum absolute atomic E-state index is 10.5. The molecule has 0 aromatic rings. The Morgan fingerprint density at radius 3 is 2.53 bits per heavy atom. The van der Waals surface area contributed by atoms with Crippen LogP contribution in [0, 0.1) is 5.41 Å². The van der Waals surface area contributed by atoms with Gasteiger partial charge in [0.05, 0.1) is 5.60 Å². The largest absolute Gasteiger partial charge is 0.388 e. The number of rotatable bonds is 8. The van der Waals surface area contributed by atoms with Gasteiger partial charge in [-0.1, -0.05) is 20.8 Å². The molecule has 0 radical (unpaired) electrons. The summed E-state index contributed by atoms with van der Waals surface area (Å²) in [5.74, 6) is 0. The topological polar surface area (TPSA) is 44.7 Å². The SMILES string of the molecule is CCCNCC(C)(C)CN(C)CC1(O)CCOCC1. The third-order valence-corrected chi connectivity index (χ3v) is 3.72. The van der Waals surface area contributed by atoms with Crippen LogP contribution in [0.1, 0.15) is 40.0 Å². The third kappa shape index (κ3) is 6.70. The fourth-order valence-electron chi connectivity index (χ4n) is 2.86. The quantitative estimate of drug-likeness (QED) is 0.657. The van der Waals surface area contributed by atoms with Gasteiger partial charge in [0, 0.05) is 45.7 Å². The average molecular weight is 272 g/mol. The summed E-state index contributed by atoms with van der Waals surface area (Å²) in [6, 6.07) is 0. The zero-order valence-electron chi connectivity index (χ0n) is 13.2. The zero-order chi connectivity index (χ0) is 14.4. The monoisotopic (exact) mass is 272 g/mol. The summed E-state index contributed by atoms with van der Waals surface area (Å²) in [5, 5.41) is 14.0. The molecule has 4 heteroatoms. The highest BCUT2D eigenvalue weighted by atomic mass is 16.5. The minimum atomic E-state index is -0.556. The zero-order valence-corrected chi connectivity index (χ0v) is 13.2. The van der Waals surface area contributed by atoms with Gasteiger partial charge in [0.25, 0.3) is 0 Å². The summed E-state index contributed by atoms with van der Waals surface area (Å²) < 4.78 is 5.32. The Balaban J connectivity index is 2.34. The van der Waals surface area contributed by atoms with Crippen molar-refractivity contribution in [1.82, 2.24) is 10.2 Å². The molecule has 1 heterocycles. The van der Waals surface area contributed by atoms with E-state index in [4.69, 9.17) is 4.74 Å². The maximum atomic E-state index is 10.5. The van der Waals surface area contributed by atoms with Crippen molar-refractivity contribution in [2.24, 2.45) is 5.41 Å². The van der Waals surface area contributed by atoms with Gasteiger partial charge in [-0.2, -0.15) is 0 Å². The minimum Gasteiger partial charge on any atom is -0.388 e. The summed E-state index contributed by atoms with van der Waals surface area (Å²) in [4.78, 5) is 2.26. The molecule has 0 bridgehead atoms. The van der Waals surface area contributed by atoms with Crippen molar-refractivity contribution in [3.63, 3.8) is 0 Å². The Morgan fingerprint density at radius 1 is 1.32 bits per heavy atom. The molecule has 1 aliphatic heterocycles. The standard InChI is InChI=1S/C15H32N2O2/c1-5-8-16-11-14(2,3)12-17(4)13-15(18)6-9-19-10-7-15/h16,18H,5-13H2,1-4H3. The van der Waals surface area contributed by atoms with E-state index in [-0.39, 0.29) is 5.41 Å². The van der Waals surface area contributed by atoms with E-state index in [1.165, 1.54) is 6.42 Å². The van der Waals surface area contributed by atoms with Gasteiger partial charge in [-0.25, -0.2) is 0 Å². The lowest BCUT2D eigenvalue weighted by Crippen LogP contribution is -2.48. The van der Waals surface area contributed by atoms with Gasteiger partial charge in [-0.3, -0.25) is 0 Å². The number of hydrogen-bond acceptors (Lipinski definition) is 4. The van der Waals surface area contributed by atoms with E-state index in [0.717, 1.165) is 39.0 Å². The average Bonchev–Trinajstić information content (AvgIpc) is 2.28. The first kappa shape index (κ1) is 16.9. The fourth-order valence-corrected chi connectivity index (χ4v) is 2.86. The highest BCUT2D eigenvalue weighted by molar-refractivity contribution is 4.86. The number of nitrogens with zero attached hydrogens (tertiary/aromatic N) is 1. The van der Waals surface area contributed by atoms with Crippen molar-refractivity contribution in [3.8, 4) is 0 Å². The van der Waals surface area contributed by atoms with Crippen molar-refractivity contribution < 1.29 is 9.84 Å². The van der Waals surface area contributed by atoms with Gasteiger partial charge in [0.1, 0.15) is 0 Å². The van der Waals surface area contributed by atoms with Gasteiger partial charge in [-0.05, 0) is 25.4 Å². The Hall–Kier alpha value is -0.160. The van der Waals surface area contributed by atoms with Crippen LogP contribution in [-0.2, 0) is 4.74 Å². The lowest BCUT2D eigenvalue weighted by Gasteiger charge is -2.38. The molecule has 0 unspecified atom stereocenters. The molecule has 1 rings (SSSR count). The molecule has 19 heavy (non-hydrogen) atoms. The molecule has 0 atom stereocenters. The van der Waals surface area contributed by atoms with Crippen LogP contribution in [0.2, 0.25) is 0 Å². The van der Waals surface area contributed by atoms with E-state index in [0.29, 0.717) is 13.2 Å². The lowest BCUT2D eigenvalue weighted by molar-refractivity contribution is -0.0795. The number of ether oxygens (including phenoxy) is 1. The Kier molecular flexibility index (Phi) is 6.74. The molecule has 0 aromatic heterocycles. The highest BCUT2D eigenvalue weighted by Crippen LogP contribution is 2.23. The second-order valence-corrected chi connectivity index (χ2v) is 6.85. The fraction of sp³-hybridized carbons (Fsp3) is 1.00. The second kappa shape index (κ2) is 7.58. The van der Waals surface area contributed by atoms with Gasteiger partial charge < -0.3 is 20.1 Å². The Bertz CT molecular complexity index is 251. The van der Waals surface area contributed by atoms with Crippen molar-refractivity contribution in [2.45, 2.75) is 45.6 Å². The van der Waals surface area contributed by atoms with Crippen LogP contribution in [-0.4, -0.2) is 62.0 Å². The van der Waals surface area contributed by atoms with Crippen LogP contribution in [0.3, 0.4) is 0 Å². The predicted molar refractivity (Wildman–Crippen MR) is 79.4 cm³/mol. The summed E-state index contributed by atoms with van der Waals surface area (Å²) in [7, 11) is 2.11. The highest BCUT2D eigenvalue weighted by Gasteiger charge is 2.32. The number of hydrogen-bond donors (Lipinski definition) is 2. The number of likely N-dealkylation sites (N-methyl/N-ethyl adjacent to an activating group) is 1. The van der Waals surface area contributed by atoms with Gasteiger partial charge in [-0.15, -0.1) is 0 Å². The number of aliphatic hydroxyl groups is 1. The molecule has 4 nitrogen and oxygen atoms in total. The van der Waals surface area contributed by atoms with Crippen LogP contribution in [0.25, 0.3) is 0 Å². The van der Waals surface area contributed by atoms with E-state index >= 15 is 0 Å². The van der Waals surface area contributed by atoms with E-state index < -0.39 is 5.60 Å². The van der Waals surface area contributed by atoms with Crippen molar-refractivity contribution in [2.75, 3.05) is 46.4 Å². The summed E-state index contributed by atoms with van der Waals surface area (Å²) in [5.41, 5.74) is -0.328. The summed E-state index contributed by atoms with van der Waals surface area (Å²) in [6.07, 6.45) is 2.68. The molecule has 0 amide bonds. The molecule has 2 N–H and O–H groups in total. The van der Waals surface area contributed by atoms with E-state index in [1.807, 2.05) is 0 Å². The first-order chi connectivity index (χ1) is 8.87. The summed E-state index contributed by atoms with van der Waals surface area (Å²) >= 11 is 0. The van der Waals surface area contributed by atoms with E-state index in [2.05, 4.69) is 38.0 Å².